The number of carbonyl (C=O) groups is 2. The summed E-state index contributed by atoms with van der Waals surface area (Å²) in [4.78, 5) is 26.7. The predicted octanol–water partition coefficient (Wildman–Crippen LogP) is 4.37. The van der Waals surface area contributed by atoms with Crippen molar-refractivity contribution in [2.24, 2.45) is 0 Å². The van der Waals surface area contributed by atoms with Crippen molar-refractivity contribution in [1.82, 2.24) is 15.1 Å². The Hall–Kier alpha value is -1.81. The van der Waals surface area contributed by atoms with Gasteiger partial charge in [0.2, 0.25) is 11.0 Å². The number of thioether (sulfide) groups is 1. The summed E-state index contributed by atoms with van der Waals surface area (Å²) in [6.07, 6.45) is 4.62. The molecular weight excluding hydrogens is 436 g/mol. The van der Waals surface area contributed by atoms with Gasteiger partial charge in [0.05, 0.1) is 4.91 Å². The number of hydrogen-bond donors (Lipinski definition) is 1. The summed E-state index contributed by atoms with van der Waals surface area (Å²) in [5, 5.41) is 12.6. The number of nitrogens with zero attached hydrogens (tertiary/aromatic N) is 3. The molecule has 1 aromatic heterocycles. The molecule has 2 amide bonds. The van der Waals surface area contributed by atoms with Crippen molar-refractivity contribution in [3.8, 4) is 0 Å². The summed E-state index contributed by atoms with van der Waals surface area (Å²) in [5.74, 6) is -0.681. The maximum atomic E-state index is 12.6. The highest BCUT2D eigenvalue weighted by Gasteiger charge is 2.33. The zero-order valence-corrected chi connectivity index (χ0v) is 18.2. The SMILES string of the molecule is CCCCc1nnc(NC(=O)CN2C(=O)C(=Cc3ccccc3Cl)SC2=S)s1. The van der Waals surface area contributed by atoms with Gasteiger partial charge in [-0.1, -0.05) is 78.5 Å². The van der Waals surface area contributed by atoms with Crippen molar-refractivity contribution in [2.75, 3.05) is 11.9 Å². The van der Waals surface area contributed by atoms with Gasteiger partial charge in [0.25, 0.3) is 5.91 Å². The lowest BCUT2D eigenvalue weighted by atomic mass is 10.2. The van der Waals surface area contributed by atoms with E-state index in [4.69, 9.17) is 23.8 Å². The molecule has 1 aliphatic rings. The Morgan fingerprint density at radius 2 is 2.14 bits per heavy atom. The van der Waals surface area contributed by atoms with Crippen molar-refractivity contribution >= 4 is 74.3 Å². The number of benzene rings is 1. The Labute approximate surface area is 181 Å². The van der Waals surface area contributed by atoms with E-state index in [1.54, 1.807) is 12.1 Å². The number of aryl methyl sites for hydroxylation is 1. The molecule has 1 saturated heterocycles. The second-order valence-corrected chi connectivity index (χ2v) is 9.09. The normalized spacial score (nSPS) is 15.5. The van der Waals surface area contributed by atoms with E-state index in [1.807, 2.05) is 18.2 Å². The van der Waals surface area contributed by atoms with Gasteiger partial charge < -0.3 is 0 Å². The number of anilines is 1. The third-order valence-corrected chi connectivity index (χ3v) is 6.44. The van der Waals surface area contributed by atoms with E-state index >= 15 is 0 Å². The first-order valence-electron chi connectivity index (χ1n) is 8.60. The van der Waals surface area contributed by atoms with Crippen molar-refractivity contribution in [1.29, 1.82) is 0 Å². The highest BCUT2D eigenvalue weighted by Crippen LogP contribution is 2.33. The average molecular weight is 453 g/mol. The lowest BCUT2D eigenvalue weighted by Gasteiger charge is -2.13. The van der Waals surface area contributed by atoms with E-state index < -0.39 is 0 Å². The summed E-state index contributed by atoms with van der Waals surface area (Å²) in [5.41, 5.74) is 0.725. The standard InChI is InChI=1S/C18H17ClN4O2S3/c1-2-3-8-15-21-22-17(28-15)20-14(24)10-23-16(25)13(27-18(23)26)9-11-6-4-5-7-12(11)19/h4-7,9H,2-3,8,10H2,1H3,(H,20,22,24). The van der Waals surface area contributed by atoms with Gasteiger partial charge in [-0.3, -0.25) is 19.8 Å². The molecule has 146 valence electrons. The minimum Gasteiger partial charge on any atom is -0.299 e. The van der Waals surface area contributed by atoms with Gasteiger partial charge in [-0.05, 0) is 24.1 Å². The first kappa shape index (κ1) is 20.9. The van der Waals surface area contributed by atoms with Gasteiger partial charge in [-0.15, -0.1) is 10.2 Å². The second-order valence-electron chi connectivity index (χ2n) is 5.94. The van der Waals surface area contributed by atoms with Crippen LogP contribution in [0.15, 0.2) is 29.2 Å². The van der Waals surface area contributed by atoms with E-state index in [1.165, 1.54) is 16.2 Å². The molecule has 1 aromatic carbocycles. The molecule has 0 spiro atoms. The smallest absolute Gasteiger partial charge is 0.266 e. The summed E-state index contributed by atoms with van der Waals surface area (Å²) in [6, 6.07) is 7.21. The lowest BCUT2D eigenvalue weighted by Crippen LogP contribution is -2.36. The monoisotopic (exact) mass is 452 g/mol. The molecule has 3 rings (SSSR count). The molecule has 28 heavy (non-hydrogen) atoms. The van der Waals surface area contributed by atoms with Crippen LogP contribution in [-0.2, 0) is 16.0 Å². The lowest BCUT2D eigenvalue weighted by molar-refractivity contribution is -0.126. The molecule has 2 heterocycles. The maximum Gasteiger partial charge on any atom is 0.266 e. The molecule has 1 fully saturated rings. The van der Waals surface area contributed by atoms with E-state index in [0.717, 1.165) is 41.6 Å². The quantitative estimate of drug-likeness (QED) is 0.496. The van der Waals surface area contributed by atoms with E-state index in [9.17, 15) is 9.59 Å². The fourth-order valence-corrected chi connectivity index (χ4v) is 4.64. The Balaban J connectivity index is 1.63. The van der Waals surface area contributed by atoms with Gasteiger partial charge in [0.1, 0.15) is 15.9 Å². The summed E-state index contributed by atoms with van der Waals surface area (Å²) < 4.78 is 0.333. The number of carbonyl (C=O) groups excluding carboxylic acids is 2. The maximum absolute atomic E-state index is 12.6. The second kappa shape index (κ2) is 9.60. The Bertz CT molecular complexity index is 944. The average Bonchev–Trinajstić information content (AvgIpc) is 3.21. The topological polar surface area (TPSA) is 75.2 Å². The number of amides is 2. The molecule has 1 N–H and O–H groups in total. The largest absolute Gasteiger partial charge is 0.299 e. The molecular formula is C18H17ClN4O2S3. The van der Waals surface area contributed by atoms with Crippen molar-refractivity contribution in [2.45, 2.75) is 26.2 Å². The first-order valence-corrected chi connectivity index (χ1v) is 11.0. The minimum absolute atomic E-state index is 0.172. The fourth-order valence-electron chi connectivity index (χ4n) is 2.41. The summed E-state index contributed by atoms with van der Waals surface area (Å²) >= 11 is 13.9. The molecule has 0 aliphatic carbocycles. The summed E-state index contributed by atoms with van der Waals surface area (Å²) in [6.45, 7) is 1.93. The Morgan fingerprint density at radius 3 is 2.89 bits per heavy atom. The molecule has 0 atom stereocenters. The van der Waals surface area contributed by atoms with E-state index in [-0.39, 0.29) is 18.4 Å². The van der Waals surface area contributed by atoms with Gasteiger partial charge in [-0.2, -0.15) is 0 Å². The van der Waals surface area contributed by atoms with Crippen LogP contribution < -0.4 is 5.32 Å². The van der Waals surface area contributed by atoms with Crippen molar-refractivity contribution in [3.63, 3.8) is 0 Å². The number of unbranched alkanes of at least 4 members (excludes halogenated alkanes) is 1. The number of nitrogens with one attached hydrogen (secondary N) is 1. The van der Waals surface area contributed by atoms with E-state index in [0.29, 0.717) is 19.4 Å². The third-order valence-electron chi connectivity index (χ3n) is 3.82. The molecule has 1 aliphatic heterocycles. The van der Waals surface area contributed by atoms with E-state index in [2.05, 4.69) is 22.4 Å². The van der Waals surface area contributed by atoms with Crippen LogP contribution in [-0.4, -0.2) is 37.8 Å². The Kier molecular flexibility index (Phi) is 7.17. The third kappa shape index (κ3) is 5.16. The predicted molar refractivity (Wildman–Crippen MR) is 118 cm³/mol. The summed E-state index contributed by atoms with van der Waals surface area (Å²) in [7, 11) is 0. The molecule has 2 aromatic rings. The van der Waals surface area contributed by atoms with Crippen LogP contribution >= 0.6 is 46.9 Å². The molecule has 0 bridgehead atoms. The number of thiocarbonyl (C=S) groups is 1. The van der Waals surface area contributed by atoms with Crippen LogP contribution in [0.5, 0.6) is 0 Å². The van der Waals surface area contributed by atoms with Crippen molar-refractivity contribution in [3.05, 3.63) is 44.8 Å². The zero-order chi connectivity index (χ0) is 20.1. The molecule has 10 heteroatoms. The molecule has 0 unspecified atom stereocenters. The minimum atomic E-state index is -0.367. The highest BCUT2D eigenvalue weighted by atomic mass is 35.5. The zero-order valence-electron chi connectivity index (χ0n) is 15.0. The van der Waals surface area contributed by atoms with Gasteiger partial charge in [0, 0.05) is 11.4 Å². The number of aromatic nitrogens is 2. The van der Waals surface area contributed by atoms with Gasteiger partial charge in [-0.25, -0.2) is 0 Å². The fraction of sp³-hybridized carbons (Fsp3) is 0.278. The first-order chi connectivity index (χ1) is 13.5. The van der Waals surface area contributed by atoms with Crippen LogP contribution in [0.1, 0.15) is 30.3 Å². The Morgan fingerprint density at radius 1 is 1.36 bits per heavy atom. The number of halogens is 1. The van der Waals surface area contributed by atoms with Gasteiger partial charge in [0.15, 0.2) is 0 Å². The molecule has 6 nitrogen and oxygen atoms in total. The van der Waals surface area contributed by atoms with Crippen LogP contribution in [0.25, 0.3) is 6.08 Å². The molecule has 0 radical (unpaired) electrons. The highest BCUT2D eigenvalue weighted by molar-refractivity contribution is 8.26. The molecule has 0 saturated carbocycles. The number of hydrogen-bond acceptors (Lipinski definition) is 7. The number of rotatable bonds is 7. The van der Waals surface area contributed by atoms with Crippen molar-refractivity contribution < 1.29 is 9.59 Å². The van der Waals surface area contributed by atoms with Crippen LogP contribution in [0.3, 0.4) is 0 Å². The van der Waals surface area contributed by atoms with Crippen LogP contribution in [0.2, 0.25) is 5.02 Å². The van der Waals surface area contributed by atoms with Crippen LogP contribution in [0.4, 0.5) is 5.13 Å². The van der Waals surface area contributed by atoms with Crippen LogP contribution in [0, 0.1) is 0 Å². The van der Waals surface area contributed by atoms with Gasteiger partial charge >= 0.3 is 0 Å².